The number of nitrogens with zero attached hydrogens (tertiary/aromatic N) is 1. The van der Waals surface area contributed by atoms with Crippen LogP contribution in [0.1, 0.15) is 43.2 Å². The van der Waals surface area contributed by atoms with Gasteiger partial charge in [0.2, 0.25) is 0 Å². The van der Waals surface area contributed by atoms with Gasteiger partial charge in [-0.05, 0) is 43.4 Å². The molecular formula is C17H28N2O. The first kappa shape index (κ1) is 15.5. The van der Waals surface area contributed by atoms with Gasteiger partial charge in [0.1, 0.15) is 0 Å². The maximum atomic E-state index is 6.23. The molecule has 0 aliphatic heterocycles. The van der Waals surface area contributed by atoms with Crippen molar-refractivity contribution in [2.24, 2.45) is 5.73 Å². The Balaban J connectivity index is 2.28. The van der Waals surface area contributed by atoms with Gasteiger partial charge in [0.15, 0.2) is 0 Å². The number of hydrogen-bond acceptors (Lipinski definition) is 3. The molecule has 2 rings (SSSR count). The number of nitrogens with two attached hydrogens (primary N) is 1. The van der Waals surface area contributed by atoms with Crippen LogP contribution in [0.15, 0.2) is 24.3 Å². The Bertz CT molecular complexity index is 435. The summed E-state index contributed by atoms with van der Waals surface area (Å²) >= 11 is 0. The highest BCUT2D eigenvalue weighted by atomic mass is 16.5. The summed E-state index contributed by atoms with van der Waals surface area (Å²) in [4.78, 5) is 2.44. The average molecular weight is 276 g/mol. The number of fused-ring (bicyclic) bond motifs is 1. The smallest absolute Gasteiger partial charge is 0.0584 e. The number of likely N-dealkylation sites (N-methyl/N-ethyl adjacent to an activating group) is 1. The van der Waals surface area contributed by atoms with Gasteiger partial charge in [0.05, 0.1) is 5.54 Å². The fourth-order valence-electron chi connectivity index (χ4n) is 3.52. The van der Waals surface area contributed by atoms with E-state index in [9.17, 15) is 0 Å². The Hall–Kier alpha value is -0.900. The molecule has 0 amide bonds. The van der Waals surface area contributed by atoms with Crippen molar-refractivity contribution in [2.75, 3.05) is 33.9 Å². The van der Waals surface area contributed by atoms with Crippen LogP contribution < -0.4 is 5.73 Å². The van der Waals surface area contributed by atoms with Crippen molar-refractivity contribution in [3.63, 3.8) is 0 Å². The molecule has 0 bridgehead atoms. The highest BCUT2D eigenvalue weighted by Crippen LogP contribution is 2.43. The summed E-state index contributed by atoms with van der Waals surface area (Å²) in [5, 5.41) is 0. The number of rotatable bonds is 6. The molecule has 1 aromatic rings. The maximum absolute atomic E-state index is 6.23. The number of hydrogen-bond donors (Lipinski definition) is 1. The van der Waals surface area contributed by atoms with Gasteiger partial charge in [-0.3, -0.25) is 4.90 Å². The summed E-state index contributed by atoms with van der Waals surface area (Å²) in [6.45, 7) is 4.83. The number of benzene rings is 1. The van der Waals surface area contributed by atoms with Crippen LogP contribution in [0.5, 0.6) is 0 Å². The zero-order valence-electron chi connectivity index (χ0n) is 13.1. The van der Waals surface area contributed by atoms with Gasteiger partial charge in [-0.25, -0.2) is 0 Å². The van der Waals surface area contributed by atoms with E-state index in [0.29, 0.717) is 12.5 Å². The van der Waals surface area contributed by atoms with E-state index in [0.717, 1.165) is 26.0 Å². The lowest BCUT2D eigenvalue weighted by molar-refractivity contribution is 0.0857. The quantitative estimate of drug-likeness (QED) is 0.812. The molecule has 1 aliphatic rings. The second kappa shape index (κ2) is 6.70. The van der Waals surface area contributed by atoms with Crippen LogP contribution in [0.25, 0.3) is 0 Å². The highest BCUT2D eigenvalue weighted by molar-refractivity contribution is 5.39. The molecule has 3 heteroatoms. The van der Waals surface area contributed by atoms with Crippen molar-refractivity contribution in [3.05, 3.63) is 35.4 Å². The monoisotopic (exact) mass is 276 g/mol. The summed E-state index contributed by atoms with van der Waals surface area (Å²) in [5.41, 5.74) is 9.13. The van der Waals surface area contributed by atoms with Crippen LogP contribution in [-0.2, 0) is 10.3 Å². The molecule has 2 N–H and O–H groups in total. The second-order valence-electron chi connectivity index (χ2n) is 6.03. The first-order valence-electron chi connectivity index (χ1n) is 7.65. The molecule has 1 aromatic carbocycles. The topological polar surface area (TPSA) is 38.5 Å². The summed E-state index contributed by atoms with van der Waals surface area (Å²) < 4.78 is 5.17. The van der Waals surface area contributed by atoms with Gasteiger partial charge in [-0.2, -0.15) is 0 Å². The van der Waals surface area contributed by atoms with Crippen molar-refractivity contribution in [1.82, 2.24) is 4.90 Å². The molecule has 0 spiro atoms. The molecule has 0 saturated heterocycles. The minimum absolute atomic E-state index is 0.00313. The van der Waals surface area contributed by atoms with Gasteiger partial charge >= 0.3 is 0 Å². The van der Waals surface area contributed by atoms with Crippen molar-refractivity contribution in [1.29, 1.82) is 0 Å². The SMILES string of the molecule is COCCCN(C)C1(CN)CCC(C)c2ccccc21. The molecule has 3 nitrogen and oxygen atoms in total. The fourth-order valence-corrected chi connectivity index (χ4v) is 3.52. The summed E-state index contributed by atoms with van der Waals surface area (Å²) in [7, 11) is 3.96. The van der Waals surface area contributed by atoms with E-state index in [4.69, 9.17) is 10.5 Å². The van der Waals surface area contributed by atoms with Gasteiger partial charge in [0.25, 0.3) is 0 Å². The standard InChI is InChI=1S/C17H28N2O/c1-14-9-10-17(13-18,19(2)11-6-12-20-3)16-8-5-4-7-15(14)16/h4-5,7-8,14H,6,9-13,18H2,1-3H3. The number of methoxy groups -OCH3 is 1. The third-order valence-electron chi connectivity index (χ3n) is 4.89. The van der Waals surface area contributed by atoms with Crippen LogP contribution in [0.3, 0.4) is 0 Å². The minimum Gasteiger partial charge on any atom is -0.385 e. The fraction of sp³-hybridized carbons (Fsp3) is 0.647. The van der Waals surface area contributed by atoms with Crippen molar-refractivity contribution in [3.8, 4) is 0 Å². The van der Waals surface area contributed by atoms with Crippen molar-refractivity contribution in [2.45, 2.75) is 37.6 Å². The van der Waals surface area contributed by atoms with Crippen LogP contribution in [-0.4, -0.2) is 38.8 Å². The molecule has 20 heavy (non-hydrogen) atoms. The maximum Gasteiger partial charge on any atom is 0.0584 e. The zero-order valence-corrected chi connectivity index (χ0v) is 13.1. The third kappa shape index (κ3) is 2.76. The molecule has 1 aliphatic carbocycles. The van der Waals surface area contributed by atoms with Gasteiger partial charge < -0.3 is 10.5 Å². The Kier molecular flexibility index (Phi) is 5.19. The van der Waals surface area contributed by atoms with E-state index in [1.165, 1.54) is 17.5 Å². The first-order valence-corrected chi connectivity index (χ1v) is 7.65. The molecule has 2 unspecified atom stereocenters. The second-order valence-corrected chi connectivity index (χ2v) is 6.03. The Morgan fingerprint density at radius 2 is 2.15 bits per heavy atom. The Morgan fingerprint density at radius 3 is 2.85 bits per heavy atom. The molecule has 0 aromatic heterocycles. The molecule has 0 radical (unpaired) electrons. The van der Waals surface area contributed by atoms with Gasteiger partial charge in [0, 0.05) is 26.8 Å². The van der Waals surface area contributed by atoms with Crippen LogP contribution >= 0.6 is 0 Å². The predicted octanol–water partition coefficient (Wildman–Crippen LogP) is 2.71. The largest absolute Gasteiger partial charge is 0.385 e. The average Bonchev–Trinajstić information content (AvgIpc) is 2.48. The Labute approximate surface area is 123 Å². The zero-order chi connectivity index (χ0) is 14.6. The lowest BCUT2D eigenvalue weighted by Crippen LogP contribution is -2.52. The van der Waals surface area contributed by atoms with E-state index in [1.54, 1.807) is 7.11 Å². The lowest BCUT2D eigenvalue weighted by Gasteiger charge is -2.47. The number of ether oxygens (including phenoxy) is 1. The van der Waals surface area contributed by atoms with Crippen LogP contribution in [0.2, 0.25) is 0 Å². The van der Waals surface area contributed by atoms with Crippen LogP contribution in [0.4, 0.5) is 0 Å². The van der Waals surface area contributed by atoms with E-state index in [-0.39, 0.29) is 5.54 Å². The predicted molar refractivity (Wildman–Crippen MR) is 83.9 cm³/mol. The molecule has 0 saturated carbocycles. The van der Waals surface area contributed by atoms with Crippen molar-refractivity contribution >= 4 is 0 Å². The highest BCUT2D eigenvalue weighted by Gasteiger charge is 2.40. The van der Waals surface area contributed by atoms with E-state index in [2.05, 4.69) is 43.1 Å². The molecule has 0 heterocycles. The normalized spacial score (nSPS) is 25.8. The minimum atomic E-state index is -0.00313. The summed E-state index contributed by atoms with van der Waals surface area (Å²) in [5.74, 6) is 0.637. The molecule has 2 atom stereocenters. The molecule has 112 valence electrons. The molecule has 0 fully saturated rings. The summed E-state index contributed by atoms with van der Waals surface area (Å²) in [6, 6.07) is 8.83. The Morgan fingerprint density at radius 1 is 1.40 bits per heavy atom. The first-order chi connectivity index (χ1) is 9.65. The van der Waals surface area contributed by atoms with E-state index >= 15 is 0 Å². The van der Waals surface area contributed by atoms with E-state index in [1.807, 2.05) is 0 Å². The summed E-state index contributed by atoms with van der Waals surface area (Å²) in [6.07, 6.45) is 3.40. The third-order valence-corrected chi connectivity index (χ3v) is 4.89. The van der Waals surface area contributed by atoms with E-state index < -0.39 is 0 Å². The van der Waals surface area contributed by atoms with Crippen LogP contribution in [0, 0.1) is 0 Å². The van der Waals surface area contributed by atoms with Gasteiger partial charge in [-0.1, -0.05) is 31.2 Å². The van der Waals surface area contributed by atoms with Crippen molar-refractivity contribution < 1.29 is 4.74 Å². The molecular weight excluding hydrogens is 248 g/mol. The lowest BCUT2D eigenvalue weighted by atomic mass is 9.71. The van der Waals surface area contributed by atoms with Gasteiger partial charge in [-0.15, -0.1) is 0 Å².